The summed E-state index contributed by atoms with van der Waals surface area (Å²) in [5, 5.41) is 3.44. The number of rotatable bonds is 4. The molecule has 0 aliphatic heterocycles. The number of aryl methyl sites for hydroxylation is 2. The van der Waals surface area contributed by atoms with Crippen molar-refractivity contribution >= 4 is 22.9 Å². The minimum absolute atomic E-state index is 0.103. The van der Waals surface area contributed by atoms with Gasteiger partial charge in [-0.05, 0) is 43.7 Å². The zero-order valence-electron chi connectivity index (χ0n) is 10.2. The van der Waals surface area contributed by atoms with E-state index in [1.165, 1.54) is 4.88 Å². The highest BCUT2D eigenvalue weighted by atomic mass is 35.5. The van der Waals surface area contributed by atoms with Crippen molar-refractivity contribution in [1.29, 1.82) is 0 Å². The van der Waals surface area contributed by atoms with E-state index in [1.807, 2.05) is 13.0 Å². The monoisotopic (exact) mass is 269 g/mol. The maximum atomic E-state index is 6.13. The Balaban J connectivity index is 2.39. The van der Waals surface area contributed by atoms with Crippen molar-refractivity contribution in [3.8, 4) is 0 Å². The normalized spacial score (nSPS) is 12.9. The van der Waals surface area contributed by atoms with Crippen LogP contribution in [0.2, 0.25) is 4.34 Å². The Morgan fingerprint density at radius 2 is 2.18 bits per heavy atom. The average molecular weight is 270 g/mol. The second-order valence-electron chi connectivity index (χ2n) is 4.06. The number of hydrogen-bond donors (Lipinski definition) is 1. The van der Waals surface area contributed by atoms with Crippen molar-refractivity contribution in [1.82, 2.24) is 5.32 Å². The van der Waals surface area contributed by atoms with Gasteiger partial charge in [-0.25, -0.2) is 0 Å². The summed E-state index contributed by atoms with van der Waals surface area (Å²) in [6, 6.07) is 4.22. The molecule has 0 aliphatic rings. The van der Waals surface area contributed by atoms with E-state index in [-0.39, 0.29) is 6.04 Å². The molecule has 2 nitrogen and oxygen atoms in total. The second-order valence-corrected chi connectivity index (χ2v) is 5.75. The summed E-state index contributed by atoms with van der Waals surface area (Å²) in [5.41, 5.74) is 2.29. The molecule has 2 aromatic rings. The van der Waals surface area contributed by atoms with E-state index < -0.39 is 0 Å². The lowest BCUT2D eigenvalue weighted by Crippen LogP contribution is -2.21. The average Bonchev–Trinajstić information content (AvgIpc) is 2.83. The molecule has 2 rings (SSSR count). The second kappa shape index (κ2) is 5.25. The van der Waals surface area contributed by atoms with Crippen LogP contribution in [0.4, 0.5) is 0 Å². The quantitative estimate of drug-likeness (QED) is 0.895. The van der Waals surface area contributed by atoms with Crippen LogP contribution in [0.1, 0.15) is 34.7 Å². The van der Waals surface area contributed by atoms with Gasteiger partial charge in [0.05, 0.1) is 10.6 Å². The molecular formula is C13H16ClNOS. The molecule has 0 amide bonds. The molecule has 0 aliphatic carbocycles. The van der Waals surface area contributed by atoms with Crippen LogP contribution in [0, 0.1) is 13.8 Å². The van der Waals surface area contributed by atoms with Crippen molar-refractivity contribution in [2.24, 2.45) is 0 Å². The van der Waals surface area contributed by atoms with E-state index in [4.69, 9.17) is 16.0 Å². The molecule has 0 fully saturated rings. The summed E-state index contributed by atoms with van der Waals surface area (Å²) in [7, 11) is 0. The van der Waals surface area contributed by atoms with Crippen LogP contribution in [0.15, 0.2) is 22.8 Å². The third-order valence-corrected chi connectivity index (χ3v) is 4.35. The minimum atomic E-state index is 0.103. The summed E-state index contributed by atoms with van der Waals surface area (Å²) in [6.45, 7) is 7.07. The lowest BCUT2D eigenvalue weighted by atomic mass is 10.1. The molecule has 1 atom stereocenters. The smallest absolute Gasteiger partial charge is 0.128 e. The van der Waals surface area contributed by atoms with Crippen LogP contribution < -0.4 is 5.32 Å². The molecule has 1 unspecified atom stereocenters. The third-order valence-electron chi connectivity index (χ3n) is 2.73. The lowest BCUT2D eigenvalue weighted by Gasteiger charge is -2.14. The van der Waals surface area contributed by atoms with Crippen LogP contribution in [-0.4, -0.2) is 6.54 Å². The highest BCUT2D eigenvalue weighted by Crippen LogP contribution is 2.35. The molecular weight excluding hydrogens is 254 g/mol. The summed E-state index contributed by atoms with van der Waals surface area (Å²) in [6.07, 6.45) is 1.73. The van der Waals surface area contributed by atoms with Gasteiger partial charge < -0.3 is 9.73 Å². The highest BCUT2D eigenvalue weighted by Gasteiger charge is 2.21. The number of halogens is 1. The number of thiophene rings is 1. The predicted molar refractivity (Wildman–Crippen MR) is 73.0 cm³/mol. The first-order valence-electron chi connectivity index (χ1n) is 5.66. The summed E-state index contributed by atoms with van der Waals surface area (Å²) < 4.78 is 6.44. The fourth-order valence-electron chi connectivity index (χ4n) is 1.83. The molecule has 17 heavy (non-hydrogen) atoms. The van der Waals surface area contributed by atoms with Crippen molar-refractivity contribution in [3.05, 3.63) is 44.5 Å². The Hall–Kier alpha value is -0.770. The summed E-state index contributed by atoms with van der Waals surface area (Å²) in [4.78, 5) is 1.20. The van der Waals surface area contributed by atoms with Gasteiger partial charge in [-0.2, -0.15) is 0 Å². The summed E-state index contributed by atoms with van der Waals surface area (Å²) in [5.74, 6) is 0.977. The molecule has 1 N–H and O–H groups in total. The van der Waals surface area contributed by atoms with Gasteiger partial charge in [0.15, 0.2) is 0 Å². The van der Waals surface area contributed by atoms with Crippen molar-refractivity contribution in [3.63, 3.8) is 0 Å². The zero-order valence-corrected chi connectivity index (χ0v) is 11.8. The van der Waals surface area contributed by atoms with E-state index in [9.17, 15) is 0 Å². The molecule has 0 spiro atoms. The number of nitrogens with one attached hydrogen (secondary N) is 1. The van der Waals surface area contributed by atoms with Gasteiger partial charge >= 0.3 is 0 Å². The molecule has 2 aromatic heterocycles. The molecule has 0 saturated carbocycles. The lowest BCUT2D eigenvalue weighted by molar-refractivity contribution is 0.452. The van der Waals surface area contributed by atoms with Crippen LogP contribution in [0.25, 0.3) is 0 Å². The number of furan rings is 1. The predicted octanol–water partition coefficient (Wildman–Crippen LogP) is 4.31. The van der Waals surface area contributed by atoms with Crippen molar-refractivity contribution in [2.45, 2.75) is 26.8 Å². The molecule has 0 bridgehead atoms. The Bertz CT molecular complexity index is 484. The molecule has 2 heterocycles. The third kappa shape index (κ3) is 2.57. The highest BCUT2D eigenvalue weighted by molar-refractivity contribution is 7.16. The van der Waals surface area contributed by atoms with Crippen molar-refractivity contribution < 1.29 is 4.42 Å². The fraction of sp³-hybridized carbons (Fsp3) is 0.385. The molecule has 0 radical (unpaired) electrons. The van der Waals surface area contributed by atoms with Gasteiger partial charge in [-0.15, -0.1) is 11.3 Å². The number of hydrogen-bond acceptors (Lipinski definition) is 3. The first kappa shape index (κ1) is 12.7. The van der Waals surface area contributed by atoms with Crippen molar-refractivity contribution in [2.75, 3.05) is 6.54 Å². The van der Waals surface area contributed by atoms with Gasteiger partial charge in [-0.1, -0.05) is 18.5 Å². The fourth-order valence-corrected chi connectivity index (χ4v) is 3.13. The maximum Gasteiger partial charge on any atom is 0.128 e. The van der Waals surface area contributed by atoms with Gasteiger partial charge in [0, 0.05) is 4.88 Å². The van der Waals surface area contributed by atoms with Gasteiger partial charge in [0.25, 0.3) is 0 Å². The largest absolute Gasteiger partial charge is 0.467 e. The van der Waals surface area contributed by atoms with E-state index >= 15 is 0 Å². The van der Waals surface area contributed by atoms with Gasteiger partial charge in [-0.3, -0.25) is 0 Å². The van der Waals surface area contributed by atoms with Crippen LogP contribution >= 0.6 is 22.9 Å². The Morgan fingerprint density at radius 1 is 1.41 bits per heavy atom. The molecule has 92 valence electrons. The summed E-state index contributed by atoms with van der Waals surface area (Å²) >= 11 is 7.75. The Morgan fingerprint density at radius 3 is 2.65 bits per heavy atom. The molecule has 4 heteroatoms. The van der Waals surface area contributed by atoms with Crippen LogP contribution in [0.3, 0.4) is 0 Å². The minimum Gasteiger partial charge on any atom is -0.467 e. The molecule has 0 aromatic carbocycles. The van der Waals surface area contributed by atoms with E-state index in [0.717, 1.165) is 27.8 Å². The topological polar surface area (TPSA) is 25.2 Å². The Labute approximate surface area is 111 Å². The SMILES string of the molecule is CCNC(c1cc(C)c(Cl)s1)c1occc1C. The maximum absolute atomic E-state index is 6.13. The van der Waals surface area contributed by atoms with Gasteiger partial charge in [0.2, 0.25) is 0 Å². The van der Waals surface area contributed by atoms with Gasteiger partial charge in [0.1, 0.15) is 11.8 Å². The van der Waals surface area contributed by atoms with E-state index in [2.05, 4.69) is 25.2 Å². The first-order valence-corrected chi connectivity index (χ1v) is 6.86. The molecule has 0 saturated heterocycles. The first-order chi connectivity index (χ1) is 8.13. The Kier molecular flexibility index (Phi) is 3.92. The van der Waals surface area contributed by atoms with E-state index in [0.29, 0.717) is 0 Å². The standard InChI is InChI=1S/C13H16ClNOS/c1-4-15-11(12-8(2)5-6-16-12)10-7-9(3)13(14)17-10/h5-7,11,15H,4H2,1-3H3. The van der Waals surface area contributed by atoms with Crippen LogP contribution in [0.5, 0.6) is 0 Å². The van der Waals surface area contributed by atoms with E-state index in [1.54, 1.807) is 17.6 Å². The zero-order chi connectivity index (χ0) is 12.4. The van der Waals surface area contributed by atoms with Crippen LogP contribution in [-0.2, 0) is 0 Å².